The number of carbonyl (C=O) groups excluding carboxylic acids is 2. The molecule has 268 valence electrons. The van der Waals surface area contributed by atoms with E-state index in [1.54, 1.807) is 0 Å². The van der Waals surface area contributed by atoms with Gasteiger partial charge in [-0.05, 0) is 61.8 Å². The van der Waals surface area contributed by atoms with E-state index in [1.807, 2.05) is 57.9 Å². The van der Waals surface area contributed by atoms with Crippen molar-refractivity contribution in [1.29, 1.82) is 0 Å². The van der Waals surface area contributed by atoms with E-state index in [1.165, 1.54) is 25.7 Å². The van der Waals surface area contributed by atoms with Gasteiger partial charge in [0.2, 0.25) is 11.8 Å². The van der Waals surface area contributed by atoms with E-state index in [2.05, 4.69) is 26.6 Å². The molecule has 4 fully saturated rings. The first-order chi connectivity index (χ1) is 24.1. The Bertz CT molecular complexity index is 1720. The molecule has 10 nitrogen and oxygen atoms in total. The molecule has 2 saturated carbocycles. The summed E-state index contributed by atoms with van der Waals surface area (Å²) in [7, 11) is 0. The zero-order valence-corrected chi connectivity index (χ0v) is 30.6. The Morgan fingerprint density at radius 1 is 0.740 bits per heavy atom. The summed E-state index contributed by atoms with van der Waals surface area (Å²) >= 11 is 9.99. The number of ether oxygens (including phenoxy) is 2. The number of aromatic nitrogens is 2. The molecule has 4 aliphatic rings. The van der Waals surface area contributed by atoms with Crippen molar-refractivity contribution in [3.63, 3.8) is 0 Å². The lowest BCUT2D eigenvalue weighted by Crippen LogP contribution is -2.52. The molecule has 0 atom stereocenters. The maximum atomic E-state index is 12.5. The van der Waals surface area contributed by atoms with Crippen LogP contribution in [0.4, 0.5) is 11.4 Å². The highest BCUT2D eigenvalue weighted by molar-refractivity contribution is 9.10. The SMILES string of the molecule is O=C(CC1CCCC1)Nc1cn(CC2(O)COC2)c2cccc(Br)c12.O=C(CC1CCCC1)Nc1cn(CC2(O)COC2)c2cccc(Cl)c12. The largest absolute Gasteiger partial charge is 0.383 e. The lowest BCUT2D eigenvalue weighted by Gasteiger charge is -2.36. The smallest absolute Gasteiger partial charge is 0.224 e. The van der Waals surface area contributed by atoms with Gasteiger partial charge in [-0.3, -0.25) is 9.59 Å². The molecule has 2 aromatic carbocycles. The molecule has 0 spiro atoms. The van der Waals surface area contributed by atoms with Crippen LogP contribution in [0.1, 0.15) is 64.2 Å². The highest BCUT2D eigenvalue weighted by Crippen LogP contribution is 2.37. The van der Waals surface area contributed by atoms with E-state index in [0.29, 0.717) is 74.9 Å². The maximum Gasteiger partial charge on any atom is 0.224 e. The standard InChI is InChI=1S/C19H23BrN2O3.C19H23ClN2O3/c2*20-14-6-3-7-16-18(14)15(9-22(16)10-19(24)11-25-12-19)21-17(23)8-13-4-1-2-5-13/h2*3,6-7,9,13,24H,1-2,4-5,8,10-12H2,(H,21,23). The minimum Gasteiger partial charge on any atom is -0.383 e. The van der Waals surface area contributed by atoms with Gasteiger partial charge in [0.15, 0.2) is 0 Å². The first-order valence-electron chi connectivity index (χ1n) is 17.8. The van der Waals surface area contributed by atoms with Gasteiger partial charge in [-0.2, -0.15) is 0 Å². The Morgan fingerprint density at radius 2 is 1.18 bits per heavy atom. The average molecular weight is 770 g/mol. The molecule has 12 heteroatoms. The fourth-order valence-electron chi connectivity index (χ4n) is 7.92. The summed E-state index contributed by atoms with van der Waals surface area (Å²) in [5.74, 6) is 1.13. The Kier molecular flexibility index (Phi) is 10.6. The molecule has 4 N–H and O–H groups in total. The normalized spacial score (nSPS) is 19.9. The van der Waals surface area contributed by atoms with Crippen LogP contribution in [0.15, 0.2) is 53.3 Å². The number of carbonyl (C=O) groups is 2. The van der Waals surface area contributed by atoms with Gasteiger partial charge >= 0.3 is 0 Å². The van der Waals surface area contributed by atoms with Gasteiger partial charge in [0.25, 0.3) is 0 Å². The molecular weight excluding hydrogens is 724 g/mol. The van der Waals surface area contributed by atoms with Crippen LogP contribution in [0.5, 0.6) is 0 Å². The van der Waals surface area contributed by atoms with Crippen LogP contribution in [0.2, 0.25) is 5.02 Å². The second-order valence-corrected chi connectivity index (χ2v) is 16.1. The van der Waals surface area contributed by atoms with Crippen molar-refractivity contribution >= 4 is 72.5 Å². The van der Waals surface area contributed by atoms with Crippen molar-refractivity contribution in [3.8, 4) is 0 Å². The van der Waals surface area contributed by atoms with Crippen molar-refractivity contribution in [2.45, 2.75) is 88.5 Å². The van der Waals surface area contributed by atoms with Gasteiger partial charge in [-0.25, -0.2) is 0 Å². The molecule has 50 heavy (non-hydrogen) atoms. The Labute approximate surface area is 305 Å². The number of amides is 2. The summed E-state index contributed by atoms with van der Waals surface area (Å²) in [6.45, 7) is 2.24. The van der Waals surface area contributed by atoms with Crippen LogP contribution < -0.4 is 10.6 Å². The number of hydrogen-bond acceptors (Lipinski definition) is 6. The van der Waals surface area contributed by atoms with Crippen LogP contribution in [-0.4, -0.2) is 68.8 Å². The van der Waals surface area contributed by atoms with E-state index >= 15 is 0 Å². The van der Waals surface area contributed by atoms with E-state index in [9.17, 15) is 19.8 Å². The maximum absolute atomic E-state index is 12.5. The number of benzene rings is 2. The van der Waals surface area contributed by atoms with Crippen LogP contribution in [0.3, 0.4) is 0 Å². The average Bonchev–Trinajstić information content (AvgIpc) is 3.86. The molecule has 8 rings (SSSR count). The van der Waals surface area contributed by atoms with Crippen molar-refractivity contribution in [2.24, 2.45) is 11.8 Å². The summed E-state index contributed by atoms with van der Waals surface area (Å²) in [6, 6.07) is 11.6. The quantitative estimate of drug-likeness (QED) is 0.135. The molecule has 4 aromatic rings. The fourth-order valence-corrected chi connectivity index (χ4v) is 8.76. The topological polar surface area (TPSA) is 127 Å². The first-order valence-corrected chi connectivity index (χ1v) is 19.0. The third-order valence-corrected chi connectivity index (χ3v) is 11.5. The van der Waals surface area contributed by atoms with Crippen LogP contribution in [0.25, 0.3) is 21.8 Å². The second-order valence-electron chi connectivity index (χ2n) is 14.8. The minimum atomic E-state index is -0.848. The van der Waals surface area contributed by atoms with Gasteiger partial charge in [0, 0.05) is 40.5 Å². The zero-order valence-electron chi connectivity index (χ0n) is 28.3. The van der Waals surface area contributed by atoms with Gasteiger partial charge in [0.05, 0.1) is 66.9 Å². The summed E-state index contributed by atoms with van der Waals surface area (Å²) in [6.07, 6.45) is 14.5. The molecular formula is C38H46BrClN4O6. The molecule has 2 saturated heterocycles. The number of nitrogens with zero attached hydrogens (tertiary/aromatic N) is 2. The zero-order chi connectivity index (χ0) is 34.9. The Hall–Kier alpha value is -2.93. The van der Waals surface area contributed by atoms with Crippen molar-refractivity contribution in [2.75, 3.05) is 37.1 Å². The Morgan fingerprint density at radius 3 is 1.64 bits per heavy atom. The molecule has 4 heterocycles. The molecule has 2 amide bonds. The van der Waals surface area contributed by atoms with E-state index < -0.39 is 11.2 Å². The molecule has 0 unspecified atom stereocenters. The lowest BCUT2D eigenvalue weighted by molar-refractivity contribution is -0.184. The molecule has 2 aromatic heterocycles. The third-order valence-electron chi connectivity index (χ3n) is 10.6. The molecule has 0 bridgehead atoms. The monoisotopic (exact) mass is 768 g/mol. The number of anilines is 2. The molecule has 2 aliphatic carbocycles. The third kappa shape index (κ3) is 7.93. The van der Waals surface area contributed by atoms with Gasteiger partial charge in [-0.1, -0.05) is 65.3 Å². The summed E-state index contributed by atoms with van der Waals surface area (Å²) in [5, 5.41) is 29.4. The van der Waals surface area contributed by atoms with Crippen LogP contribution in [0, 0.1) is 11.8 Å². The van der Waals surface area contributed by atoms with Crippen LogP contribution >= 0.6 is 27.5 Å². The van der Waals surface area contributed by atoms with Crippen molar-refractivity contribution in [1.82, 2.24) is 9.13 Å². The van der Waals surface area contributed by atoms with E-state index in [0.717, 1.165) is 57.6 Å². The predicted octanol–water partition coefficient (Wildman–Crippen LogP) is 7.26. The summed E-state index contributed by atoms with van der Waals surface area (Å²) in [5.41, 5.74) is 1.75. The van der Waals surface area contributed by atoms with Crippen LogP contribution in [-0.2, 0) is 32.2 Å². The number of rotatable bonds is 10. The molecule has 0 radical (unpaired) electrons. The van der Waals surface area contributed by atoms with E-state index in [-0.39, 0.29) is 11.8 Å². The number of aliphatic hydroxyl groups is 2. The van der Waals surface area contributed by atoms with Crippen molar-refractivity contribution < 1.29 is 29.3 Å². The predicted molar refractivity (Wildman–Crippen MR) is 199 cm³/mol. The summed E-state index contributed by atoms with van der Waals surface area (Å²) < 4.78 is 15.2. The highest BCUT2D eigenvalue weighted by atomic mass is 79.9. The van der Waals surface area contributed by atoms with Gasteiger partial charge in [0.1, 0.15) is 11.2 Å². The Balaban J connectivity index is 0.000000157. The first kappa shape index (κ1) is 35.5. The number of nitrogens with one attached hydrogen (secondary N) is 2. The summed E-state index contributed by atoms with van der Waals surface area (Å²) in [4.78, 5) is 24.9. The minimum absolute atomic E-state index is 0.0385. The van der Waals surface area contributed by atoms with Gasteiger partial charge < -0.3 is 39.5 Å². The van der Waals surface area contributed by atoms with Gasteiger partial charge in [-0.15, -0.1) is 0 Å². The number of hydrogen-bond donors (Lipinski definition) is 4. The fraction of sp³-hybridized carbons (Fsp3) is 0.526. The molecule has 2 aliphatic heterocycles. The highest BCUT2D eigenvalue weighted by Gasteiger charge is 2.38. The second kappa shape index (κ2) is 15.0. The lowest BCUT2D eigenvalue weighted by atomic mass is 10.0. The van der Waals surface area contributed by atoms with Crippen molar-refractivity contribution in [3.05, 3.63) is 58.3 Å². The van der Waals surface area contributed by atoms with E-state index in [4.69, 9.17) is 21.1 Å². The number of fused-ring (bicyclic) bond motifs is 2. The number of halogens is 2.